The van der Waals surface area contributed by atoms with Crippen LogP contribution in [0.3, 0.4) is 0 Å². The van der Waals surface area contributed by atoms with E-state index in [2.05, 4.69) is 15.9 Å². The van der Waals surface area contributed by atoms with Gasteiger partial charge in [-0.15, -0.1) is 0 Å². The van der Waals surface area contributed by atoms with Crippen molar-refractivity contribution >= 4 is 44.9 Å². The SMILES string of the molecule is COc1cc(/C=C2\SC(=O)N(Cc3ccc(Br)cc3)C2=O)ccc1OCc1ccccc1F. The number of hydrogen-bond donors (Lipinski definition) is 0. The van der Waals surface area contributed by atoms with Crippen LogP contribution in [0.1, 0.15) is 16.7 Å². The summed E-state index contributed by atoms with van der Waals surface area (Å²) in [5.41, 5.74) is 1.97. The molecule has 1 heterocycles. The monoisotopic (exact) mass is 527 g/mol. The number of nitrogens with zero attached hydrogens (tertiary/aromatic N) is 1. The van der Waals surface area contributed by atoms with Crippen molar-refractivity contribution in [2.45, 2.75) is 13.2 Å². The predicted octanol–water partition coefficient (Wildman–Crippen LogP) is 6.41. The van der Waals surface area contributed by atoms with Crippen molar-refractivity contribution < 1.29 is 23.5 Å². The number of carbonyl (C=O) groups excluding carboxylic acids is 2. The predicted molar refractivity (Wildman–Crippen MR) is 129 cm³/mol. The van der Waals surface area contributed by atoms with E-state index in [-0.39, 0.29) is 30.1 Å². The summed E-state index contributed by atoms with van der Waals surface area (Å²) >= 11 is 4.27. The van der Waals surface area contributed by atoms with Gasteiger partial charge in [0.2, 0.25) is 0 Å². The van der Waals surface area contributed by atoms with Crippen LogP contribution in [0.4, 0.5) is 9.18 Å². The lowest BCUT2D eigenvalue weighted by Crippen LogP contribution is -2.27. The van der Waals surface area contributed by atoms with Gasteiger partial charge in [0.15, 0.2) is 11.5 Å². The molecule has 3 aromatic rings. The second kappa shape index (κ2) is 10.2. The molecule has 0 spiro atoms. The van der Waals surface area contributed by atoms with E-state index in [1.807, 2.05) is 24.3 Å². The van der Waals surface area contributed by atoms with Crippen LogP contribution < -0.4 is 9.47 Å². The average Bonchev–Trinajstić information content (AvgIpc) is 3.07. The minimum atomic E-state index is -0.341. The molecule has 1 aliphatic heterocycles. The van der Waals surface area contributed by atoms with Crippen LogP contribution in [0.2, 0.25) is 0 Å². The Bertz CT molecular complexity index is 1230. The van der Waals surface area contributed by atoms with E-state index in [1.54, 1.807) is 42.5 Å². The Balaban J connectivity index is 1.49. The molecule has 1 aliphatic rings. The fourth-order valence-corrected chi connectivity index (χ4v) is 4.33. The van der Waals surface area contributed by atoms with Crippen LogP contribution in [-0.4, -0.2) is 23.2 Å². The molecule has 1 saturated heterocycles. The number of hydrogen-bond acceptors (Lipinski definition) is 5. The lowest BCUT2D eigenvalue weighted by atomic mass is 10.1. The van der Waals surface area contributed by atoms with Crippen molar-refractivity contribution in [1.29, 1.82) is 0 Å². The first-order chi connectivity index (χ1) is 15.9. The average molecular weight is 528 g/mol. The lowest BCUT2D eigenvalue weighted by Gasteiger charge is -2.13. The normalized spacial score (nSPS) is 14.8. The van der Waals surface area contributed by atoms with E-state index in [0.717, 1.165) is 21.8 Å². The molecule has 0 unspecified atom stereocenters. The van der Waals surface area contributed by atoms with Crippen LogP contribution >= 0.6 is 27.7 Å². The number of halogens is 2. The van der Waals surface area contributed by atoms with Gasteiger partial charge < -0.3 is 9.47 Å². The lowest BCUT2D eigenvalue weighted by molar-refractivity contribution is -0.123. The Kier molecular flexibility index (Phi) is 7.15. The Morgan fingerprint density at radius 3 is 2.52 bits per heavy atom. The highest BCUT2D eigenvalue weighted by atomic mass is 79.9. The van der Waals surface area contributed by atoms with E-state index in [4.69, 9.17) is 9.47 Å². The minimum Gasteiger partial charge on any atom is -0.493 e. The zero-order valence-electron chi connectivity index (χ0n) is 17.6. The molecule has 0 saturated carbocycles. The highest BCUT2D eigenvalue weighted by Crippen LogP contribution is 2.35. The summed E-state index contributed by atoms with van der Waals surface area (Å²) in [6, 6.07) is 19.0. The Morgan fingerprint density at radius 2 is 1.79 bits per heavy atom. The molecule has 8 heteroatoms. The van der Waals surface area contributed by atoms with Crippen molar-refractivity contribution in [3.63, 3.8) is 0 Å². The Morgan fingerprint density at radius 1 is 1.03 bits per heavy atom. The molecule has 0 radical (unpaired) electrons. The number of amides is 2. The molecular formula is C25H19BrFNO4S. The molecule has 1 fully saturated rings. The fourth-order valence-electron chi connectivity index (χ4n) is 3.22. The zero-order chi connectivity index (χ0) is 23.4. The first-order valence-corrected chi connectivity index (χ1v) is 11.6. The number of methoxy groups -OCH3 is 1. The highest BCUT2D eigenvalue weighted by Gasteiger charge is 2.35. The molecule has 0 N–H and O–H groups in total. The van der Waals surface area contributed by atoms with Gasteiger partial charge in [-0.25, -0.2) is 4.39 Å². The van der Waals surface area contributed by atoms with Crippen LogP contribution in [-0.2, 0) is 17.9 Å². The number of rotatable bonds is 7. The highest BCUT2D eigenvalue weighted by molar-refractivity contribution is 9.10. The van der Waals surface area contributed by atoms with Gasteiger partial charge in [0.1, 0.15) is 12.4 Å². The van der Waals surface area contributed by atoms with E-state index >= 15 is 0 Å². The third kappa shape index (κ3) is 5.46. The molecule has 5 nitrogen and oxygen atoms in total. The fraction of sp³-hybridized carbons (Fsp3) is 0.120. The van der Waals surface area contributed by atoms with Crippen LogP contribution in [0, 0.1) is 5.82 Å². The topological polar surface area (TPSA) is 55.8 Å². The molecule has 4 rings (SSSR count). The largest absolute Gasteiger partial charge is 0.493 e. The van der Waals surface area contributed by atoms with Gasteiger partial charge in [-0.1, -0.05) is 52.3 Å². The summed E-state index contributed by atoms with van der Waals surface area (Å²) in [4.78, 5) is 26.8. The van der Waals surface area contributed by atoms with Gasteiger partial charge in [-0.2, -0.15) is 0 Å². The second-order valence-electron chi connectivity index (χ2n) is 7.18. The van der Waals surface area contributed by atoms with E-state index in [9.17, 15) is 14.0 Å². The molecule has 0 bridgehead atoms. The van der Waals surface area contributed by atoms with Crippen molar-refractivity contribution in [2.75, 3.05) is 7.11 Å². The summed E-state index contributed by atoms with van der Waals surface area (Å²) in [5, 5.41) is -0.314. The second-order valence-corrected chi connectivity index (χ2v) is 9.09. The standard InChI is InChI=1S/C25H19BrFNO4S/c1-31-22-12-17(8-11-21(22)32-15-18-4-2-3-5-20(18)27)13-23-24(29)28(25(30)33-23)14-16-6-9-19(26)10-7-16/h2-13H,14-15H2,1H3/b23-13-. The van der Waals surface area contributed by atoms with Crippen molar-refractivity contribution in [1.82, 2.24) is 4.90 Å². The van der Waals surface area contributed by atoms with Crippen LogP contribution in [0.25, 0.3) is 6.08 Å². The third-order valence-electron chi connectivity index (χ3n) is 4.95. The third-order valence-corrected chi connectivity index (χ3v) is 6.39. The van der Waals surface area contributed by atoms with Gasteiger partial charge >= 0.3 is 0 Å². The summed E-state index contributed by atoms with van der Waals surface area (Å²) in [5.74, 6) is 0.203. The molecule has 2 amide bonds. The van der Waals surface area contributed by atoms with Gasteiger partial charge in [0.05, 0.1) is 18.6 Å². The van der Waals surface area contributed by atoms with Crippen molar-refractivity contribution in [3.05, 3.63) is 98.6 Å². The molecule has 0 atom stereocenters. The summed E-state index contributed by atoms with van der Waals surface area (Å²) in [6.45, 7) is 0.263. The minimum absolute atomic E-state index is 0.0529. The number of benzene rings is 3. The van der Waals surface area contributed by atoms with E-state index < -0.39 is 0 Å². The van der Waals surface area contributed by atoms with E-state index in [0.29, 0.717) is 27.5 Å². The first-order valence-electron chi connectivity index (χ1n) is 9.98. The quantitative estimate of drug-likeness (QED) is 0.332. The maximum absolute atomic E-state index is 13.8. The van der Waals surface area contributed by atoms with Gasteiger partial charge in [0, 0.05) is 10.0 Å². The smallest absolute Gasteiger partial charge is 0.293 e. The maximum atomic E-state index is 13.8. The molecule has 168 valence electrons. The number of ether oxygens (including phenoxy) is 2. The van der Waals surface area contributed by atoms with Crippen LogP contribution in [0.15, 0.2) is 76.1 Å². The van der Waals surface area contributed by atoms with Crippen LogP contribution in [0.5, 0.6) is 11.5 Å². The molecule has 33 heavy (non-hydrogen) atoms. The molecule has 0 aromatic heterocycles. The number of carbonyl (C=O) groups is 2. The van der Waals surface area contributed by atoms with Crippen molar-refractivity contribution in [2.24, 2.45) is 0 Å². The molecular weight excluding hydrogens is 509 g/mol. The van der Waals surface area contributed by atoms with Crippen molar-refractivity contribution in [3.8, 4) is 11.5 Å². The summed E-state index contributed by atoms with van der Waals surface area (Å²) < 4.78 is 25.9. The maximum Gasteiger partial charge on any atom is 0.293 e. The summed E-state index contributed by atoms with van der Waals surface area (Å²) in [6.07, 6.45) is 1.65. The Labute approximate surface area is 203 Å². The Hall–Kier alpha value is -3.10. The number of imide groups is 1. The zero-order valence-corrected chi connectivity index (χ0v) is 20.0. The molecule has 3 aromatic carbocycles. The van der Waals surface area contributed by atoms with Gasteiger partial charge in [-0.05, 0) is 59.3 Å². The molecule has 0 aliphatic carbocycles. The summed E-state index contributed by atoms with van der Waals surface area (Å²) in [7, 11) is 1.50. The van der Waals surface area contributed by atoms with Gasteiger partial charge in [0.25, 0.3) is 11.1 Å². The number of thioether (sulfide) groups is 1. The van der Waals surface area contributed by atoms with Gasteiger partial charge in [-0.3, -0.25) is 14.5 Å². The first kappa shape index (κ1) is 23.1. The van der Waals surface area contributed by atoms with E-state index in [1.165, 1.54) is 18.1 Å².